The molecule has 30 heavy (non-hydrogen) atoms. The molecule has 0 saturated carbocycles. The average molecular weight is 458 g/mol. The third-order valence-electron chi connectivity index (χ3n) is 3.52. The molecular formula is C19H27N2O7PS. The van der Waals surface area contributed by atoms with Crippen LogP contribution in [0.4, 0.5) is 4.79 Å². The fourth-order valence-corrected chi connectivity index (χ4v) is 3.81. The lowest BCUT2D eigenvalue weighted by atomic mass is 10.0. The minimum atomic E-state index is -3.82. The predicted octanol–water partition coefficient (Wildman–Crippen LogP) is 2.83. The van der Waals surface area contributed by atoms with Crippen molar-refractivity contribution in [3.05, 3.63) is 35.9 Å². The number of ether oxygens (including phenoxy) is 2. The molecule has 0 spiro atoms. The Morgan fingerprint density at radius 1 is 1.30 bits per heavy atom. The van der Waals surface area contributed by atoms with Gasteiger partial charge >= 0.3 is 18.8 Å². The Morgan fingerprint density at radius 3 is 2.47 bits per heavy atom. The molecule has 2 unspecified atom stereocenters. The molecule has 2 N–H and O–H groups in total. The van der Waals surface area contributed by atoms with E-state index < -0.39 is 36.5 Å². The number of carbonyl (C=O) groups excluding carboxylic acids is 2. The lowest BCUT2D eigenvalue weighted by Crippen LogP contribution is -2.52. The summed E-state index contributed by atoms with van der Waals surface area (Å²) >= 11 is 5.01. The van der Waals surface area contributed by atoms with E-state index in [1.165, 1.54) is 0 Å². The highest BCUT2D eigenvalue weighted by Crippen LogP contribution is 2.46. The van der Waals surface area contributed by atoms with Crippen molar-refractivity contribution >= 4 is 30.6 Å². The fraction of sp³-hybridized carbons (Fsp3) is 0.526. The van der Waals surface area contributed by atoms with Crippen LogP contribution in [0.3, 0.4) is 0 Å². The highest BCUT2D eigenvalue weighted by atomic mass is 32.5. The molecule has 1 aromatic carbocycles. The number of rotatable bonds is 10. The molecule has 1 rings (SSSR count). The topological polar surface area (TPSA) is 127 Å². The van der Waals surface area contributed by atoms with Gasteiger partial charge in [-0.2, -0.15) is 5.26 Å². The van der Waals surface area contributed by atoms with Crippen molar-refractivity contribution in [3.63, 3.8) is 0 Å². The molecule has 0 bridgehead atoms. The molecule has 0 saturated heterocycles. The summed E-state index contributed by atoms with van der Waals surface area (Å²) in [4.78, 5) is 35.1. The number of alkyl carbamates (subject to hydrolysis) is 1. The van der Waals surface area contributed by atoms with Crippen molar-refractivity contribution in [3.8, 4) is 6.07 Å². The van der Waals surface area contributed by atoms with E-state index in [2.05, 4.69) is 5.32 Å². The standard InChI is InChI=1S/C19H27N2O7PS/c1-19(2,3)27-18(23)21-16(17(22)25-4)15(13-14-9-6-5-7-10-14)28-29(24,30)26-12-8-11-20/h5-7,9-10,15-16H,8,12-13H2,1-4H3,(H,21,23)(H,24,30)/t15?,16-,29?/m0/s1. The number of carbonyl (C=O) groups is 2. The fourth-order valence-electron chi connectivity index (χ4n) is 2.34. The van der Waals surface area contributed by atoms with Gasteiger partial charge in [-0.15, -0.1) is 0 Å². The lowest BCUT2D eigenvalue weighted by Gasteiger charge is -2.30. The maximum atomic E-state index is 12.4. The summed E-state index contributed by atoms with van der Waals surface area (Å²) in [5.41, 5.74) is -0.0402. The summed E-state index contributed by atoms with van der Waals surface area (Å²) < 4.78 is 20.7. The second-order valence-corrected chi connectivity index (χ2v) is 9.98. The summed E-state index contributed by atoms with van der Waals surface area (Å²) in [5, 5.41) is 11.1. The predicted molar refractivity (Wildman–Crippen MR) is 113 cm³/mol. The zero-order valence-electron chi connectivity index (χ0n) is 17.4. The van der Waals surface area contributed by atoms with E-state index in [4.69, 9.17) is 35.6 Å². The van der Waals surface area contributed by atoms with Crippen LogP contribution in [0.1, 0.15) is 32.8 Å². The van der Waals surface area contributed by atoms with Crippen LogP contribution in [-0.2, 0) is 41.5 Å². The molecule has 0 fully saturated rings. The Morgan fingerprint density at radius 2 is 1.93 bits per heavy atom. The van der Waals surface area contributed by atoms with Gasteiger partial charge in [-0.1, -0.05) is 30.3 Å². The Hall–Kier alpha value is -2.02. The van der Waals surface area contributed by atoms with Gasteiger partial charge in [-0.3, -0.25) is 0 Å². The van der Waals surface area contributed by atoms with E-state index in [0.717, 1.165) is 12.7 Å². The largest absolute Gasteiger partial charge is 0.467 e. The first-order valence-electron chi connectivity index (χ1n) is 9.11. The number of methoxy groups -OCH3 is 1. The van der Waals surface area contributed by atoms with Gasteiger partial charge in [0.1, 0.15) is 11.7 Å². The molecule has 9 nitrogen and oxygen atoms in total. The van der Waals surface area contributed by atoms with E-state index in [-0.39, 0.29) is 19.4 Å². The zero-order chi connectivity index (χ0) is 22.8. The first-order chi connectivity index (χ1) is 14.0. The number of nitriles is 1. The van der Waals surface area contributed by atoms with Crippen molar-refractivity contribution < 1.29 is 33.0 Å². The van der Waals surface area contributed by atoms with E-state index in [1.54, 1.807) is 45.0 Å². The van der Waals surface area contributed by atoms with Crippen molar-refractivity contribution in [1.29, 1.82) is 5.26 Å². The Balaban J connectivity index is 3.14. The Bertz CT molecular complexity index is 792. The number of nitrogens with zero attached hydrogens (tertiary/aromatic N) is 1. The molecule has 0 radical (unpaired) electrons. The first kappa shape index (κ1) is 26.0. The normalized spacial score (nSPS) is 15.2. The van der Waals surface area contributed by atoms with Crippen LogP contribution in [0.25, 0.3) is 0 Å². The maximum absolute atomic E-state index is 12.4. The first-order valence-corrected chi connectivity index (χ1v) is 11.7. The molecule has 166 valence electrons. The van der Waals surface area contributed by atoms with Crippen LogP contribution in [-0.4, -0.2) is 48.4 Å². The maximum Gasteiger partial charge on any atom is 0.408 e. The zero-order valence-corrected chi connectivity index (χ0v) is 19.1. The van der Waals surface area contributed by atoms with Crippen LogP contribution in [0.5, 0.6) is 0 Å². The average Bonchev–Trinajstić information content (AvgIpc) is 2.64. The highest BCUT2D eigenvalue weighted by molar-refractivity contribution is 8.07. The molecule has 1 aromatic rings. The number of esters is 1. The minimum absolute atomic E-state index is 0.00223. The smallest absolute Gasteiger partial charge is 0.408 e. The summed E-state index contributed by atoms with van der Waals surface area (Å²) in [6, 6.07) is 9.50. The molecule has 0 aliphatic carbocycles. The summed E-state index contributed by atoms with van der Waals surface area (Å²) in [5.74, 6) is -0.811. The molecule has 0 aliphatic heterocycles. The molecule has 1 amide bonds. The van der Waals surface area contributed by atoms with Crippen molar-refractivity contribution in [2.45, 2.75) is 51.4 Å². The highest BCUT2D eigenvalue weighted by Gasteiger charge is 2.37. The van der Waals surface area contributed by atoms with Crippen LogP contribution < -0.4 is 5.32 Å². The van der Waals surface area contributed by atoms with Gasteiger partial charge in [0.15, 0.2) is 6.04 Å². The number of nitrogens with one attached hydrogen (secondary N) is 1. The number of hydrogen-bond acceptors (Lipinski definition) is 8. The minimum Gasteiger partial charge on any atom is -0.467 e. The molecule has 11 heteroatoms. The monoisotopic (exact) mass is 458 g/mol. The van der Waals surface area contributed by atoms with Crippen molar-refractivity contribution in [1.82, 2.24) is 5.32 Å². The van der Waals surface area contributed by atoms with E-state index in [9.17, 15) is 14.5 Å². The molecular weight excluding hydrogens is 431 g/mol. The number of hydrogen-bond donors (Lipinski definition) is 2. The molecule has 3 atom stereocenters. The number of amides is 1. The molecule has 0 heterocycles. The van der Waals surface area contributed by atoms with Gasteiger partial charge in [-0.25, -0.2) is 9.59 Å². The van der Waals surface area contributed by atoms with Crippen LogP contribution in [0.15, 0.2) is 30.3 Å². The Labute approximate surface area is 181 Å². The SMILES string of the molecule is COC(=O)[C@@H](NC(=O)OC(C)(C)C)C(Cc1ccccc1)OP(O)(=S)OCCC#N. The summed E-state index contributed by atoms with van der Waals surface area (Å²) in [6.07, 6.45) is -1.87. The number of benzene rings is 1. The van der Waals surface area contributed by atoms with Gasteiger partial charge in [0.25, 0.3) is 0 Å². The van der Waals surface area contributed by atoms with Gasteiger partial charge in [-0.05, 0) is 38.1 Å². The van der Waals surface area contributed by atoms with E-state index in [1.807, 2.05) is 12.1 Å². The summed E-state index contributed by atoms with van der Waals surface area (Å²) in [7, 11) is 1.16. The van der Waals surface area contributed by atoms with Gasteiger partial charge in [0.2, 0.25) is 0 Å². The van der Waals surface area contributed by atoms with Crippen LogP contribution >= 0.6 is 6.72 Å². The van der Waals surface area contributed by atoms with Crippen molar-refractivity contribution in [2.75, 3.05) is 13.7 Å². The molecule has 0 aromatic heterocycles. The van der Waals surface area contributed by atoms with Crippen molar-refractivity contribution in [2.24, 2.45) is 0 Å². The second kappa shape index (κ2) is 12.0. The third-order valence-corrected chi connectivity index (χ3v) is 5.14. The summed E-state index contributed by atoms with van der Waals surface area (Å²) in [6.45, 7) is 1.07. The van der Waals surface area contributed by atoms with Gasteiger partial charge in [0, 0.05) is 6.42 Å². The Kier molecular flexibility index (Phi) is 10.4. The van der Waals surface area contributed by atoms with Crippen LogP contribution in [0.2, 0.25) is 0 Å². The third kappa shape index (κ3) is 10.1. The quantitative estimate of drug-likeness (QED) is 0.309. The van der Waals surface area contributed by atoms with Gasteiger partial charge in [0.05, 0.1) is 26.2 Å². The van der Waals surface area contributed by atoms with E-state index >= 15 is 0 Å². The van der Waals surface area contributed by atoms with E-state index in [0.29, 0.717) is 0 Å². The van der Waals surface area contributed by atoms with Crippen LogP contribution in [0, 0.1) is 11.3 Å². The van der Waals surface area contributed by atoms with Gasteiger partial charge < -0.3 is 28.7 Å². The lowest BCUT2D eigenvalue weighted by molar-refractivity contribution is -0.145. The molecule has 0 aliphatic rings. The second-order valence-electron chi connectivity index (χ2n) is 7.19.